The van der Waals surface area contributed by atoms with E-state index >= 15 is 0 Å². The third-order valence-electron chi connectivity index (χ3n) is 13.5. The van der Waals surface area contributed by atoms with Crippen molar-refractivity contribution in [2.75, 3.05) is 103 Å². The van der Waals surface area contributed by atoms with E-state index in [4.69, 9.17) is 29.2 Å². The van der Waals surface area contributed by atoms with Crippen LogP contribution < -0.4 is 31.2 Å². The molecule has 1 aliphatic rings. The van der Waals surface area contributed by atoms with Gasteiger partial charge in [-0.05, 0) is 125 Å². The molecule has 7 aromatic rings. The molecule has 416 valence electrons. The Balaban J connectivity index is 0.710. The first-order chi connectivity index (χ1) is 37.5. The lowest BCUT2D eigenvalue weighted by atomic mass is 10.0. The highest BCUT2D eigenvalue weighted by molar-refractivity contribution is 7.89. The Labute approximate surface area is 452 Å². The normalized spacial score (nSPS) is 13.5. The lowest BCUT2D eigenvalue weighted by Gasteiger charge is -2.30. The van der Waals surface area contributed by atoms with Gasteiger partial charge in [0.15, 0.2) is 0 Å². The standard InChI is InChI=1S/C56H67F3N10O8S/c1-38-54(39(2)77-65-38)41-31-47(60)55-51(32-41)68(37-63-55)35-40-10-6-12-44(30-40)76-25-9-15-53(70)62-21-26-74-28-29-75-27-24-67(4)78(71,72)45-16-17-49(52(34-45)73-5)61-20-8-11-43-33-46-48(64-42-18-22-66(3)23-19-42)13-7-14-50(46)69(43)36-56(57,58)59/h6-7,10,12-14,16-17,30-34,37,42,61,64H,9,15,18-29,35-36,60H2,1-5H3,(H,62,70). The number of sulfonamides is 1. The molecular formula is C56H67F3N10O8S. The Morgan fingerprint density at radius 2 is 1.73 bits per heavy atom. The van der Waals surface area contributed by atoms with E-state index in [0.29, 0.717) is 54.1 Å². The summed E-state index contributed by atoms with van der Waals surface area (Å²) < 4.78 is 101. The minimum Gasteiger partial charge on any atom is -0.495 e. The molecule has 1 amide bonds. The van der Waals surface area contributed by atoms with Crippen LogP contribution in [-0.4, -0.2) is 142 Å². The van der Waals surface area contributed by atoms with Gasteiger partial charge in [-0.15, -0.1) is 0 Å². The number of nitrogen functional groups attached to an aromatic ring is 1. The van der Waals surface area contributed by atoms with E-state index in [2.05, 4.69) is 49.9 Å². The maximum atomic E-state index is 13.8. The summed E-state index contributed by atoms with van der Waals surface area (Å²) in [5.41, 5.74) is 14.1. The van der Waals surface area contributed by atoms with Crippen LogP contribution in [-0.2, 0) is 37.4 Å². The number of nitrogens with one attached hydrogen (secondary N) is 3. The fraction of sp³-hybridized carbons (Fsp3) is 0.411. The number of carbonyl (C=O) groups excluding carboxylic acids is 1. The lowest BCUT2D eigenvalue weighted by Crippen LogP contribution is -2.36. The molecule has 18 nitrogen and oxygen atoms in total. The molecule has 0 bridgehead atoms. The summed E-state index contributed by atoms with van der Waals surface area (Å²) in [6, 6.07) is 23.3. The minimum atomic E-state index is -4.46. The number of amides is 1. The number of nitrogens with two attached hydrogens (primary N) is 1. The van der Waals surface area contributed by atoms with E-state index in [-0.39, 0.29) is 74.2 Å². The molecule has 1 fully saturated rings. The van der Waals surface area contributed by atoms with E-state index in [1.807, 2.05) is 60.9 Å². The molecule has 0 aliphatic carbocycles. The Hall–Kier alpha value is -7.29. The van der Waals surface area contributed by atoms with Crippen molar-refractivity contribution in [1.29, 1.82) is 0 Å². The molecule has 5 N–H and O–H groups in total. The first kappa shape index (κ1) is 56.9. The van der Waals surface area contributed by atoms with Gasteiger partial charge in [0, 0.05) is 61.8 Å². The smallest absolute Gasteiger partial charge is 0.406 e. The molecule has 4 heterocycles. The number of benzene rings is 4. The fourth-order valence-corrected chi connectivity index (χ4v) is 10.5. The van der Waals surface area contributed by atoms with Crippen molar-refractivity contribution in [1.82, 2.24) is 33.8 Å². The second-order valence-corrected chi connectivity index (χ2v) is 21.3. The Bertz CT molecular complexity index is 3340. The summed E-state index contributed by atoms with van der Waals surface area (Å²) in [5, 5.41) is 14.2. The molecule has 0 saturated carbocycles. The second kappa shape index (κ2) is 25.9. The molecule has 4 aromatic carbocycles. The van der Waals surface area contributed by atoms with Gasteiger partial charge >= 0.3 is 6.18 Å². The fourth-order valence-electron chi connectivity index (χ4n) is 9.36. The van der Waals surface area contributed by atoms with E-state index in [0.717, 1.165) is 70.8 Å². The van der Waals surface area contributed by atoms with Crippen molar-refractivity contribution in [2.24, 2.45) is 0 Å². The summed E-state index contributed by atoms with van der Waals surface area (Å²) in [5.74, 6) is 7.38. The van der Waals surface area contributed by atoms with Crippen LogP contribution in [0.3, 0.4) is 0 Å². The molecule has 0 spiro atoms. The van der Waals surface area contributed by atoms with Gasteiger partial charge in [0.25, 0.3) is 0 Å². The first-order valence-corrected chi connectivity index (χ1v) is 27.2. The average molecular weight is 1100 g/mol. The zero-order valence-electron chi connectivity index (χ0n) is 44.5. The quantitative estimate of drug-likeness (QED) is 0.0243. The van der Waals surface area contributed by atoms with Gasteiger partial charge in [-0.3, -0.25) is 4.79 Å². The van der Waals surface area contributed by atoms with Crippen molar-refractivity contribution in [3.05, 3.63) is 108 Å². The Morgan fingerprint density at radius 3 is 2.49 bits per heavy atom. The van der Waals surface area contributed by atoms with Gasteiger partial charge in [-0.1, -0.05) is 29.3 Å². The Morgan fingerprint density at radius 1 is 0.949 bits per heavy atom. The zero-order valence-corrected chi connectivity index (χ0v) is 45.4. The lowest BCUT2D eigenvalue weighted by molar-refractivity contribution is -0.140. The molecule has 8 rings (SSSR count). The highest BCUT2D eigenvalue weighted by Gasteiger charge is 2.30. The van der Waals surface area contributed by atoms with Crippen LogP contribution in [0.4, 0.5) is 30.2 Å². The van der Waals surface area contributed by atoms with Crippen LogP contribution in [0, 0.1) is 25.7 Å². The zero-order chi connectivity index (χ0) is 55.4. The van der Waals surface area contributed by atoms with Crippen LogP contribution >= 0.6 is 0 Å². The van der Waals surface area contributed by atoms with Gasteiger partial charge in [-0.25, -0.2) is 13.4 Å². The van der Waals surface area contributed by atoms with E-state index in [9.17, 15) is 26.4 Å². The molecule has 0 radical (unpaired) electrons. The number of likely N-dealkylation sites (N-methyl/N-ethyl adjacent to an activating group) is 1. The number of fused-ring (bicyclic) bond motifs is 2. The summed E-state index contributed by atoms with van der Waals surface area (Å²) in [6.45, 7) is 6.64. The number of ether oxygens (including phenoxy) is 4. The highest BCUT2D eigenvalue weighted by atomic mass is 32.2. The van der Waals surface area contributed by atoms with Gasteiger partial charge < -0.3 is 59.2 Å². The van der Waals surface area contributed by atoms with Crippen LogP contribution in [0.2, 0.25) is 0 Å². The van der Waals surface area contributed by atoms with Gasteiger partial charge in [0.05, 0.1) is 91.7 Å². The maximum Gasteiger partial charge on any atom is 0.406 e. The average Bonchev–Trinajstić information content (AvgIpc) is 4.14. The molecule has 1 aliphatic heterocycles. The Kier molecular flexibility index (Phi) is 18.9. The number of aromatic nitrogens is 4. The third-order valence-corrected chi connectivity index (χ3v) is 15.3. The largest absolute Gasteiger partial charge is 0.495 e. The van der Waals surface area contributed by atoms with Gasteiger partial charge in [0.1, 0.15) is 29.3 Å². The van der Waals surface area contributed by atoms with Crippen molar-refractivity contribution in [3.63, 3.8) is 0 Å². The SMILES string of the molecule is COc1cc(S(=O)(=O)N(C)CCOCCOCCNC(=O)CCCOc2cccc(Cn3cnc4c(N)cc(-c5c(C)noc5C)cc43)c2)ccc1NCC#Cc1cc2c(NC3CCN(C)CC3)cccc2n1CC(F)(F)F. The number of aryl methyl sites for hydroxylation is 2. The molecule has 0 atom stereocenters. The van der Waals surface area contributed by atoms with Crippen molar-refractivity contribution in [3.8, 4) is 34.5 Å². The van der Waals surface area contributed by atoms with E-state index in [1.54, 1.807) is 30.6 Å². The monoisotopic (exact) mass is 1100 g/mol. The molecule has 3 aromatic heterocycles. The van der Waals surface area contributed by atoms with Crippen LogP contribution in [0.15, 0.2) is 94.6 Å². The molecule has 22 heteroatoms. The van der Waals surface area contributed by atoms with Crippen molar-refractivity contribution in [2.45, 2.75) is 69.7 Å². The first-order valence-electron chi connectivity index (χ1n) is 25.8. The second-order valence-electron chi connectivity index (χ2n) is 19.2. The van der Waals surface area contributed by atoms with E-state index in [1.165, 1.54) is 35.2 Å². The topological polar surface area (TPSA) is 206 Å². The molecule has 1 saturated heterocycles. The number of rotatable bonds is 25. The summed E-state index contributed by atoms with van der Waals surface area (Å²) in [4.78, 5) is 19.3. The van der Waals surface area contributed by atoms with Crippen molar-refractivity contribution < 1.29 is 49.9 Å². The molecule has 78 heavy (non-hydrogen) atoms. The maximum absolute atomic E-state index is 13.8. The number of hydrogen-bond acceptors (Lipinski definition) is 14. The summed E-state index contributed by atoms with van der Waals surface area (Å²) in [6.07, 6.45) is -0.0299. The number of nitrogens with zero attached hydrogens (tertiary/aromatic N) is 6. The number of methoxy groups -OCH3 is 1. The number of likely N-dealkylation sites (tertiary alicyclic amines) is 1. The minimum absolute atomic E-state index is 0.00358. The van der Waals surface area contributed by atoms with Crippen LogP contribution in [0.1, 0.15) is 48.4 Å². The number of hydrogen-bond donors (Lipinski definition) is 4. The third kappa shape index (κ3) is 14.6. The number of anilines is 3. The molecule has 0 unspecified atom stereocenters. The van der Waals surface area contributed by atoms with Crippen LogP contribution in [0.25, 0.3) is 33.1 Å². The number of piperidine rings is 1. The predicted molar refractivity (Wildman–Crippen MR) is 294 cm³/mol. The highest BCUT2D eigenvalue weighted by Crippen LogP contribution is 2.35. The number of alkyl halides is 3. The van der Waals surface area contributed by atoms with Crippen LogP contribution in [0.5, 0.6) is 11.5 Å². The van der Waals surface area contributed by atoms with Gasteiger partial charge in [0.2, 0.25) is 15.9 Å². The molecular weight excluding hydrogens is 1030 g/mol. The van der Waals surface area contributed by atoms with Gasteiger partial charge in [-0.2, -0.15) is 17.5 Å². The number of halogens is 3. The number of carbonyl (C=O) groups is 1. The number of imidazole rings is 1. The van der Waals surface area contributed by atoms with E-state index < -0.39 is 22.7 Å². The summed E-state index contributed by atoms with van der Waals surface area (Å²) >= 11 is 0. The predicted octanol–water partition coefficient (Wildman–Crippen LogP) is 8.06. The van der Waals surface area contributed by atoms with Crippen molar-refractivity contribution >= 4 is 54.9 Å². The summed E-state index contributed by atoms with van der Waals surface area (Å²) in [7, 11) is 0.994.